The van der Waals surface area contributed by atoms with Gasteiger partial charge >= 0.3 is 0 Å². The summed E-state index contributed by atoms with van der Waals surface area (Å²) in [5.74, 6) is 1.99. The average Bonchev–Trinajstić information content (AvgIpc) is 3.12. The molecule has 2 heterocycles. The van der Waals surface area contributed by atoms with Crippen molar-refractivity contribution in [3.63, 3.8) is 0 Å². The maximum absolute atomic E-state index is 8.55. The lowest BCUT2D eigenvalue weighted by Gasteiger charge is -2.11. The molecule has 154 valence electrons. The number of benzene rings is 3. The van der Waals surface area contributed by atoms with Crippen molar-refractivity contribution in [1.29, 1.82) is 0 Å². The topological polar surface area (TPSA) is 27.1 Å². The molecule has 0 spiro atoms. The Morgan fingerprint density at radius 2 is 1.71 bits per heavy atom. The molecule has 0 fully saturated rings. The van der Waals surface area contributed by atoms with Crippen LogP contribution in [-0.4, -0.2) is 9.55 Å². The van der Waals surface area contributed by atoms with E-state index in [9.17, 15) is 0 Å². The molecule has 0 saturated carbocycles. The zero-order valence-electron chi connectivity index (χ0n) is 19.3. The van der Waals surface area contributed by atoms with E-state index in [2.05, 4.69) is 43.7 Å². The first-order valence-electron chi connectivity index (χ1n) is 11.3. The predicted octanol–water partition coefficient (Wildman–Crippen LogP) is 7.93. The number of fused-ring (bicyclic) bond motifs is 3. The molecular weight excluding hydrogens is 448 g/mol. The fourth-order valence-corrected chi connectivity index (χ4v) is 4.27. The van der Waals surface area contributed by atoms with Crippen LogP contribution in [0.25, 0.3) is 27.6 Å². The summed E-state index contributed by atoms with van der Waals surface area (Å²) in [4.78, 5) is 4.63. The van der Waals surface area contributed by atoms with Gasteiger partial charge in [-0.25, -0.2) is 4.98 Å². The lowest BCUT2D eigenvalue weighted by atomic mass is 10.0. The van der Waals surface area contributed by atoms with Gasteiger partial charge in [0.2, 0.25) is 0 Å². The zero-order valence-corrected chi connectivity index (χ0v) is 18.9. The molecule has 0 N–H and O–H groups in total. The van der Waals surface area contributed by atoms with Gasteiger partial charge in [-0.2, -0.15) is 0 Å². The van der Waals surface area contributed by atoms with Crippen LogP contribution in [0.5, 0.6) is 11.5 Å². The molecular formula is C27H23BrN2O. The fourth-order valence-electron chi connectivity index (χ4n) is 3.89. The Bertz CT molecular complexity index is 1480. The van der Waals surface area contributed by atoms with Crippen molar-refractivity contribution in [2.24, 2.45) is 5.92 Å². The number of hydrogen-bond donors (Lipinski definition) is 0. The highest BCUT2D eigenvalue weighted by molar-refractivity contribution is 9.10. The Kier molecular flexibility index (Phi) is 4.64. The molecule has 0 aliphatic heterocycles. The molecule has 0 bridgehead atoms. The van der Waals surface area contributed by atoms with Gasteiger partial charge in [-0.15, -0.1) is 0 Å². The van der Waals surface area contributed by atoms with Crippen molar-refractivity contribution >= 4 is 37.7 Å². The lowest BCUT2D eigenvalue weighted by molar-refractivity contribution is 0.483. The van der Waals surface area contributed by atoms with Crippen LogP contribution in [-0.2, 0) is 6.37 Å². The minimum absolute atomic E-state index is 0.156. The third kappa shape index (κ3) is 3.96. The molecule has 0 saturated heterocycles. The maximum atomic E-state index is 8.55. The summed E-state index contributed by atoms with van der Waals surface area (Å²) in [5.41, 5.74) is 2.59. The van der Waals surface area contributed by atoms with Gasteiger partial charge in [-0.05, 0) is 66.4 Å². The molecule has 4 heteroatoms. The predicted molar refractivity (Wildman–Crippen MR) is 131 cm³/mol. The van der Waals surface area contributed by atoms with Crippen molar-refractivity contribution < 1.29 is 7.48 Å². The summed E-state index contributed by atoms with van der Waals surface area (Å²) >= 11 is 3.49. The van der Waals surface area contributed by atoms with Gasteiger partial charge in [-0.3, -0.25) is 4.57 Å². The molecule has 0 aliphatic carbocycles. The highest BCUT2D eigenvalue weighted by Crippen LogP contribution is 2.35. The monoisotopic (exact) mass is 472 g/mol. The minimum atomic E-state index is -1.45. The smallest absolute Gasteiger partial charge is 0.137 e. The van der Waals surface area contributed by atoms with Gasteiger partial charge in [0, 0.05) is 30.2 Å². The quantitative estimate of drug-likeness (QED) is 0.259. The lowest BCUT2D eigenvalue weighted by Crippen LogP contribution is -2.00. The molecule has 0 unspecified atom stereocenters. The number of para-hydroxylation sites is 1. The molecule has 0 amide bonds. The van der Waals surface area contributed by atoms with Crippen LogP contribution in [0.4, 0.5) is 0 Å². The number of ether oxygens (including phenoxy) is 1. The second kappa shape index (κ2) is 8.20. The van der Waals surface area contributed by atoms with Crippen molar-refractivity contribution in [3.05, 3.63) is 95.1 Å². The molecule has 5 aromatic rings. The molecule has 31 heavy (non-hydrogen) atoms. The van der Waals surface area contributed by atoms with Crippen LogP contribution < -0.4 is 4.74 Å². The molecule has 5 rings (SSSR count). The van der Waals surface area contributed by atoms with Crippen LogP contribution in [0.1, 0.15) is 22.2 Å². The molecule has 3 nitrogen and oxygen atoms in total. The van der Waals surface area contributed by atoms with Crippen molar-refractivity contribution in [1.82, 2.24) is 9.55 Å². The number of aromatic nitrogens is 2. The van der Waals surface area contributed by atoms with E-state index >= 15 is 0 Å². The SMILES string of the molecule is [2H]C([2H])(c1ccnc(-n2c3ccccc3c3ccc(Oc4cccc(Br)c4)cc32)c1)C(C)C. The highest BCUT2D eigenvalue weighted by atomic mass is 79.9. The van der Waals surface area contributed by atoms with E-state index in [1.807, 2.05) is 68.4 Å². The van der Waals surface area contributed by atoms with Gasteiger partial charge in [0.1, 0.15) is 17.3 Å². The largest absolute Gasteiger partial charge is 0.457 e. The second-order valence-corrected chi connectivity index (χ2v) is 8.71. The van der Waals surface area contributed by atoms with E-state index < -0.39 is 6.37 Å². The Hall–Kier alpha value is -3.11. The van der Waals surface area contributed by atoms with E-state index in [0.717, 1.165) is 37.8 Å². The Morgan fingerprint density at radius 3 is 2.55 bits per heavy atom. The third-order valence-corrected chi connectivity index (χ3v) is 5.60. The number of halogens is 1. The van der Waals surface area contributed by atoms with E-state index in [1.54, 1.807) is 12.3 Å². The second-order valence-electron chi connectivity index (χ2n) is 7.79. The zero-order chi connectivity index (χ0) is 23.2. The number of rotatable bonds is 5. The average molecular weight is 473 g/mol. The number of pyridine rings is 1. The maximum Gasteiger partial charge on any atom is 0.137 e. The van der Waals surface area contributed by atoms with Gasteiger partial charge in [0.25, 0.3) is 0 Å². The van der Waals surface area contributed by atoms with Crippen LogP contribution in [0.3, 0.4) is 0 Å². The fraction of sp³-hybridized carbons (Fsp3) is 0.148. The molecule has 0 radical (unpaired) electrons. The summed E-state index contributed by atoms with van der Waals surface area (Å²) in [6.07, 6.45) is 0.235. The summed E-state index contributed by atoms with van der Waals surface area (Å²) in [7, 11) is 0. The van der Waals surface area contributed by atoms with Gasteiger partial charge in [0.05, 0.1) is 11.0 Å². The minimum Gasteiger partial charge on any atom is -0.457 e. The van der Waals surface area contributed by atoms with Gasteiger partial charge in [0.15, 0.2) is 0 Å². The standard InChI is InChI=1S/C27H23BrN2O/c1-18(2)14-19-12-13-29-27(15-19)30-25-9-4-3-8-23(25)24-11-10-22(17-26(24)30)31-21-7-5-6-20(28)16-21/h3-13,15-18H,14H2,1-2H3/i14D2. The van der Waals surface area contributed by atoms with E-state index in [-0.39, 0.29) is 5.92 Å². The molecule has 3 aromatic carbocycles. The Morgan fingerprint density at radius 1 is 0.903 bits per heavy atom. The first kappa shape index (κ1) is 17.6. The van der Waals surface area contributed by atoms with Crippen molar-refractivity contribution in [2.45, 2.75) is 20.2 Å². The van der Waals surface area contributed by atoms with Crippen molar-refractivity contribution in [3.8, 4) is 17.3 Å². The number of nitrogens with zero attached hydrogens (tertiary/aromatic N) is 2. The van der Waals surface area contributed by atoms with E-state index in [0.29, 0.717) is 11.4 Å². The van der Waals surface area contributed by atoms with Crippen LogP contribution in [0.2, 0.25) is 0 Å². The van der Waals surface area contributed by atoms with Gasteiger partial charge < -0.3 is 4.74 Å². The summed E-state index contributed by atoms with van der Waals surface area (Å²) in [5, 5.41) is 2.20. The van der Waals surface area contributed by atoms with Crippen LogP contribution >= 0.6 is 15.9 Å². The first-order chi connectivity index (χ1) is 15.8. The molecule has 0 aliphatic rings. The normalized spacial score (nSPS) is 12.9. The Balaban J connectivity index is 1.70. The summed E-state index contributed by atoms with van der Waals surface area (Å²) in [6, 6.07) is 25.6. The first-order valence-corrected chi connectivity index (χ1v) is 11.1. The Labute approximate surface area is 193 Å². The summed E-state index contributed by atoms with van der Waals surface area (Å²) < 4.78 is 26.3. The molecule has 0 atom stereocenters. The highest BCUT2D eigenvalue weighted by Gasteiger charge is 2.14. The molecule has 2 aromatic heterocycles. The third-order valence-electron chi connectivity index (χ3n) is 5.11. The van der Waals surface area contributed by atoms with Crippen LogP contribution in [0.15, 0.2) is 89.5 Å². The van der Waals surface area contributed by atoms with E-state index in [4.69, 9.17) is 7.48 Å². The van der Waals surface area contributed by atoms with Crippen LogP contribution in [0, 0.1) is 5.92 Å². The van der Waals surface area contributed by atoms with E-state index in [1.165, 1.54) is 0 Å². The van der Waals surface area contributed by atoms with Gasteiger partial charge in [-0.1, -0.05) is 54.0 Å². The summed E-state index contributed by atoms with van der Waals surface area (Å²) in [6.45, 7) is 3.79. The number of hydrogen-bond acceptors (Lipinski definition) is 2. The van der Waals surface area contributed by atoms with Crippen molar-refractivity contribution in [2.75, 3.05) is 0 Å².